The molecule has 1 amide bonds. The van der Waals surface area contributed by atoms with E-state index in [4.69, 9.17) is 11.6 Å². The monoisotopic (exact) mass is 361 g/mol. The molecule has 0 saturated carbocycles. The van der Waals surface area contributed by atoms with Gasteiger partial charge in [-0.15, -0.1) is 10.2 Å². The summed E-state index contributed by atoms with van der Waals surface area (Å²) < 4.78 is 1.55. The van der Waals surface area contributed by atoms with Gasteiger partial charge in [0.25, 0.3) is 5.91 Å². The Hall–Kier alpha value is -1.99. The molecule has 1 saturated heterocycles. The van der Waals surface area contributed by atoms with E-state index in [2.05, 4.69) is 22.2 Å². The van der Waals surface area contributed by atoms with E-state index >= 15 is 0 Å². The molecule has 0 radical (unpaired) electrons. The van der Waals surface area contributed by atoms with Crippen LogP contribution in [0.4, 0.5) is 0 Å². The van der Waals surface area contributed by atoms with Gasteiger partial charge in [0.15, 0.2) is 0 Å². The Kier molecular flexibility index (Phi) is 3.97. The first-order valence-corrected chi connectivity index (χ1v) is 9.12. The van der Waals surface area contributed by atoms with Crippen LogP contribution < -0.4 is 0 Å². The van der Waals surface area contributed by atoms with Gasteiger partial charge in [-0.1, -0.05) is 35.1 Å². The maximum absolute atomic E-state index is 12.8. The van der Waals surface area contributed by atoms with E-state index < -0.39 is 0 Å². The number of rotatable bonds is 2. The molecule has 8 heteroatoms. The highest BCUT2D eigenvalue weighted by molar-refractivity contribution is 7.19. The largest absolute Gasteiger partial charge is 0.333 e. The van der Waals surface area contributed by atoms with Crippen LogP contribution in [0.5, 0.6) is 0 Å². The van der Waals surface area contributed by atoms with Crippen LogP contribution in [0.1, 0.15) is 36.8 Å². The van der Waals surface area contributed by atoms with Crippen LogP contribution in [-0.2, 0) is 0 Å². The summed E-state index contributed by atoms with van der Waals surface area (Å²) in [5.74, 6) is 0.192. The number of benzene rings is 1. The number of hydrogen-bond donors (Lipinski definition) is 0. The lowest BCUT2D eigenvalue weighted by molar-refractivity contribution is 0.0620. The molecule has 6 nitrogen and oxygen atoms in total. The van der Waals surface area contributed by atoms with Gasteiger partial charge in [-0.3, -0.25) is 4.79 Å². The summed E-state index contributed by atoms with van der Waals surface area (Å²) in [6, 6.07) is 7.68. The highest BCUT2D eigenvalue weighted by Crippen LogP contribution is 2.27. The first-order chi connectivity index (χ1) is 11.6. The van der Waals surface area contributed by atoms with E-state index in [-0.39, 0.29) is 17.8 Å². The Labute approximate surface area is 148 Å². The van der Waals surface area contributed by atoms with E-state index in [1.54, 1.807) is 4.52 Å². The van der Waals surface area contributed by atoms with E-state index in [1.165, 1.54) is 11.3 Å². The number of aromatic nitrogens is 4. The van der Waals surface area contributed by atoms with Crippen LogP contribution in [-0.4, -0.2) is 43.2 Å². The highest BCUT2D eigenvalue weighted by Gasteiger charge is 2.28. The molecule has 1 unspecified atom stereocenters. The molecule has 3 heterocycles. The number of likely N-dealkylation sites (tertiary alicyclic amines) is 1. The summed E-state index contributed by atoms with van der Waals surface area (Å²) in [6.45, 7) is 2.85. The molecule has 1 aromatic carbocycles. The molecule has 0 bridgehead atoms. The van der Waals surface area contributed by atoms with Crippen molar-refractivity contribution in [1.82, 2.24) is 24.7 Å². The molecular weight excluding hydrogens is 346 g/mol. The van der Waals surface area contributed by atoms with Crippen LogP contribution in [0.15, 0.2) is 24.3 Å². The smallest absolute Gasteiger partial charge is 0.293 e. The third kappa shape index (κ3) is 2.67. The SMILES string of the molecule is CC1CCCCN1C(=O)c1nnc2sc(-c3ccc(Cl)cc3)nn12. The van der Waals surface area contributed by atoms with Gasteiger partial charge in [0.1, 0.15) is 5.01 Å². The fourth-order valence-corrected chi connectivity index (χ4v) is 3.96. The molecule has 1 aliphatic heterocycles. The predicted molar refractivity (Wildman–Crippen MR) is 93.5 cm³/mol. The second-order valence-electron chi connectivity index (χ2n) is 5.98. The second kappa shape index (κ2) is 6.14. The molecular formula is C16H16ClN5OS. The number of piperidine rings is 1. The molecule has 3 aromatic rings. The first-order valence-electron chi connectivity index (χ1n) is 7.92. The second-order valence-corrected chi connectivity index (χ2v) is 7.37. The minimum absolute atomic E-state index is 0.0948. The van der Waals surface area contributed by atoms with Crippen molar-refractivity contribution < 1.29 is 4.79 Å². The maximum atomic E-state index is 12.8. The molecule has 1 aliphatic rings. The summed E-state index contributed by atoms with van der Waals surface area (Å²) in [5, 5.41) is 14.2. The Balaban J connectivity index is 1.69. The minimum atomic E-state index is -0.0948. The Morgan fingerprint density at radius 3 is 2.79 bits per heavy atom. The van der Waals surface area contributed by atoms with Gasteiger partial charge < -0.3 is 4.90 Å². The zero-order valence-corrected chi connectivity index (χ0v) is 14.7. The third-order valence-electron chi connectivity index (χ3n) is 4.34. The number of fused-ring (bicyclic) bond motifs is 1. The third-order valence-corrected chi connectivity index (χ3v) is 5.54. The molecule has 24 heavy (non-hydrogen) atoms. The van der Waals surface area contributed by atoms with Gasteiger partial charge in [-0.25, -0.2) is 0 Å². The van der Waals surface area contributed by atoms with Gasteiger partial charge in [0.05, 0.1) is 0 Å². The minimum Gasteiger partial charge on any atom is -0.333 e. The first kappa shape index (κ1) is 15.5. The maximum Gasteiger partial charge on any atom is 0.293 e. The average molecular weight is 362 g/mol. The van der Waals surface area contributed by atoms with Crippen molar-refractivity contribution in [2.24, 2.45) is 0 Å². The van der Waals surface area contributed by atoms with Crippen LogP contribution in [0, 0.1) is 0 Å². The highest BCUT2D eigenvalue weighted by atomic mass is 35.5. The summed E-state index contributed by atoms with van der Waals surface area (Å²) >= 11 is 7.33. The van der Waals surface area contributed by atoms with E-state index in [0.29, 0.717) is 9.98 Å². The number of nitrogens with zero attached hydrogens (tertiary/aromatic N) is 5. The van der Waals surface area contributed by atoms with Crippen molar-refractivity contribution >= 4 is 33.8 Å². The van der Waals surface area contributed by atoms with Gasteiger partial charge in [-0.2, -0.15) is 9.61 Å². The molecule has 124 valence electrons. The summed E-state index contributed by atoms with van der Waals surface area (Å²) in [7, 11) is 0. The molecule has 0 N–H and O–H groups in total. The summed E-state index contributed by atoms with van der Waals surface area (Å²) in [4.78, 5) is 15.3. The molecule has 0 spiro atoms. The fraction of sp³-hybridized carbons (Fsp3) is 0.375. The van der Waals surface area contributed by atoms with E-state index in [0.717, 1.165) is 36.4 Å². The zero-order valence-electron chi connectivity index (χ0n) is 13.1. The molecule has 4 rings (SSSR count). The van der Waals surface area contributed by atoms with Gasteiger partial charge >= 0.3 is 0 Å². The number of hydrogen-bond acceptors (Lipinski definition) is 5. The Morgan fingerprint density at radius 2 is 2.04 bits per heavy atom. The Bertz CT molecular complexity index is 888. The Morgan fingerprint density at radius 1 is 1.25 bits per heavy atom. The lowest BCUT2D eigenvalue weighted by atomic mass is 10.0. The standard InChI is InChI=1S/C16H16ClN5OS/c1-10-4-2-3-9-21(10)15(23)13-18-19-16-22(13)20-14(24-16)11-5-7-12(17)8-6-11/h5-8,10H,2-4,9H2,1H3. The van der Waals surface area contributed by atoms with E-state index in [9.17, 15) is 4.79 Å². The van der Waals surface area contributed by atoms with Gasteiger partial charge in [0.2, 0.25) is 10.8 Å². The van der Waals surface area contributed by atoms with Crippen molar-refractivity contribution in [3.8, 4) is 10.6 Å². The van der Waals surface area contributed by atoms with Crippen molar-refractivity contribution in [2.45, 2.75) is 32.2 Å². The topological polar surface area (TPSA) is 63.4 Å². The number of carbonyl (C=O) groups excluding carboxylic acids is 1. The van der Waals surface area contributed by atoms with Crippen molar-refractivity contribution in [3.63, 3.8) is 0 Å². The molecule has 1 fully saturated rings. The number of halogens is 1. The predicted octanol–water partition coefficient (Wildman–Crippen LogP) is 3.52. The van der Waals surface area contributed by atoms with Crippen LogP contribution in [0.25, 0.3) is 15.5 Å². The fourth-order valence-electron chi connectivity index (χ4n) is 2.99. The van der Waals surface area contributed by atoms with Gasteiger partial charge in [-0.05, 0) is 38.3 Å². The van der Waals surface area contributed by atoms with Crippen LogP contribution in [0.3, 0.4) is 0 Å². The lowest BCUT2D eigenvalue weighted by Crippen LogP contribution is -2.42. The molecule has 0 aliphatic carbocycles. The summed E-state index contributed by atoms with van der Waals surface area (Å²) in [5.41, 5.74) is 0.944. The average Bonchev–Trinajstić information content (AvgIpc) is 3.16. The van der Waals surface area contributed by atoms with Crippen molar-refractivity contribution in [1.29, 1.82) is 0 Å². The molecule has 2 aromatic heterocycles. The number of carbonyl (C=O) groups is 1. The number of amides is 1. The van der Waals surface area contributed by atoms with Gasteiger partial charge in [0, 0.05) is 23.2 Å². The lowest BCUT2D eigenvalue weighted by Gasteiger charge is -2.32. The zero-order chi connectivity index (χ0) is 16.7. The summed E-state index contributed by atoms with van der Waals surface area (Å²) in [6.07, 6.45) is 3.23. The van der Waals surface area contributed by atoms with Crippen molar-refractivity contribution in [2.75, 3.05) is 6.54 Å². The van der Waals surface area contributed by atoms with Crippen LogP contribution >= 0.6 is 22.9 Å². The molecule has 1 atom stereocenters. The van der Waals surface area contributed by atoms with Crippen LogP contribution in [0.2, 0.25) is 5.02 Å². The van der Waals surface area contributed by atoms with Crippen molar-refractivity contribution in [3.05, 3.63) is 35.1 Å². The quantitative estimate of drug-likeness (QED) is 0.700. The normalized spacial score (nSPS) is 18.2. The van der Waals surface area contributed by atoms with E-state index in [1.807, 2.05) is 29.2 Å².